The molecule has 1 aromatic carbocycles. The first-order chi connectivity index (χ1) is 14.2. The molecular formula is C22H29ClN4O2. The van der Waals surface area contributed by atoms with E-state index in [0.717, 1.165) is 81.2 Å². The van der Waals surface area contributed by atoms with Crippen molar-refractivity contribution in [3.63, 3.8) is 0 Å². The van der Waals surface area contributed by atoms with Crippen molar-refractivity contribution in [2.75, 3.05) is 44.2 Å². The lowest BCUT2D eigenvalue weighted by atomic mass is 10.1. The monoisotopic (exact) mass is 416 g/mol. The Balaban J connectivity index is 1.18. The van der Waals surface area contributed by atoms with Crippen molar-refractivity contribution < 1.29 is 9.32 Å². The molecule has 0 unspecified atom stereocenters. The second kappa shape index (κ2) is 9.63. The molecule has 29 heavy (non-hydrogen) atoms. The molecule has 1 saturated heterocycles. The summed E-state index contributed by atoms with van der Waals surface area (Å²) in [7, 11) is 0. The van der Waals surface area contributed by atoms with Gasteiger partial charge in [0.05, 0.1) is 0 Å². The van der Waals surface area contributed by atoms with Crippen molar-refractivity contribution in [3.8, 4) is 0 Å². The van der Waals surface area contributed by atoms with Gasteiger partial charge in [-0.05, 0) is 50.4 Å². The molecule has 2 aliphatic rings. The highest BCUT2D eigenvalue weighted by molar-refractivity contribution is 6.30. The zero-order chi connectivity index (χ0) is 20.1. The van der Waals surface area contributed by atoms with E-state index in [2.05, 4.69) is 26.3 Å². The number of hydrogen-bond donors (Lipinski definition) is 1. The maximum absolute atomic E-state index is 12.5. The van der Waals surface area contributed by atoms with Gasteiger partial charge in [-0.15, -0.1) is 0 Å². The number of rotatable bonds is 6. The van der Waals surface area contributed by atoms with Crippen molar-refractivity contribution in [3.05, 3.63) is 46.3 Å². The molecule has 1 aromatic heterocycles. The van der Waals surface area contributed by atoms with Gasteiger partial charge in [0.2, 0.25) is 0 Å². The molecule has 1 amide bonds. The molecule has 0 radical (unpaired) electrons. The summed E-state index contributed by atoms with van der Waals surface area (Å²) in [6, 6.07) is 8.05. The van der Waals surface area contributed by atoms with Crippen LogP contribution in [0.15, 0.2) is 28.8 Å². The number of benzene rings is 1. The molecule has 1 aliphatic heterocycles. The maximum Gasteiger partial charge on any atom is 0.273 e. The van der Waals surface area contributed by atoms with Gasteiger partial charge in [0.1, 0.15) is 5.76 Å². The average Bonchev–Trinajstić information content (AvgIpc) is 3.00. The number of piperazine rings is 1. The standard InChI is InChI=1S/C22H29ClN4O2/c23-17-6-4-7-18(16-17)27-14-12-26(13-15-27)11-5-10-24-22(28)21-19-8-2-1-3-9-20(19)29-25-21/h4,6-7,16H,1-3,5,8-15H2,(H,24,28). The van der Waals surface area contributed by atoms with Gasteiger partial charge in [0.15, 0.2) is 5.69 Å². The highest BCUT2D eigenvalue weighted by Crippen LogP contribution is 2.23. The molecule has 0 atom stereocenters. The fraction of sp³-hybridized carbons (Fsp3) is 0.545. The highest BCUT2D eigenvalue weighted by Gasteiger charge is 2.23. The molecule has 1 fully saturated rings. The summed E-state index contributed by atoms with van der Waals surface area (Å²) >= 11 is 6.11. The maximum atomic E-state index is 12.5. The van der Waals surface area contributed by atoms with Crippen molar-refractivity contribution in [1.29, 1.82) is 0 Å². The van der Waals surface area contributed by atoms with Gasteiger partial charge in [-0.3, -0.25) is 9.69 Å². The Bertz CT molecular complexity index is 830. The van der Waals surface area contributed by atoms with Crippen molar-refractivity contribution >= 4 is 23.2 Å². The molecule has 2 heterocycles. The number of anilines is 1. The van der Waals surface area contributed by atoms with Gasteiger partial charge >= 0.3 is 0 Å². The fourth-order valence-electron chi connectivity index (χ4n) is 4.23. The first kappa shape index (κ1) is 20.2. The first-order valence-corrected chi connectivity index (χ1v) is 11.1. The zero-order valence-corrected chi connectivity index (χ0v) is 17.6. The molecule has 0 saturated carbocycles. The quantitative estimate of drug-likeness (QED) is 0.576. The predicted octanol–water partition coefficient (Wildman–Crippen LogP) is 3.54. The number of nitrogens with zero attached hydrogens (tertiary/aromatic N) is 3. The molecule has 0 spiro atoms. The van der Waals surface area contributed by atoms with Crippen LogP contribution in [0.3, 0.4) is 0 Å². The average molecular weight is 417 g/mol. The van der Waals surface area contributed by atoms with Crippen molar-refractivity contribution in [2.24, 2.45) is 0 Å². The lowest BCUT2D eigenvalue weighted by molar-refractivity contribution is 0.0941. The second-order valence-electron chi connectivity index (χ2n) is 7.91. The van der Waals surface area contributed by atoms with Crippen LogP contribution in [0.5, 0.6) is 0 Å². The van der Waals surface area contributed by atoms with E-state index in [1.54, 1.807) is 0 Å². The van der Waals surface area contributed by atoms with Crippen molar-refractivity contribution in [1.82, 2.24) is 15.4 Å². The van der Waals surface area contributed by atoms with Crippen molar-refractivity contribution in [2.45, 2.75) is 38.5 Å². The van der Waals surface area contributed by atoms with Crippen LogP contribution in [0, 0.1) is 0 Å². The fourth-order valence-corrected chi connectivity index (χ4v) is 4.42. The number of amides is 1. The van der Waals surface area contributed by atoms with Gasteiger partial charge in [-0.2, -0.15) is 0 Å². The van der Waals surface area contributed by atoms with Crippen LogP contribution >= 0.6 is 11.6 Å². The van der Waals surface area contributed by atoms with Gasteiger partial charge in [-0.1, -0.05) is 29.2 Å². The summed E-state index contributed by atoms with van der Waals surface area (Å²) in [6.07, 6.45) is 6.15. The normalized spacial score (nSPS) is 17.6. The van der Waals surface area contributed by atoms with E-state index in [9.17, 15) is 4.79 Å². The number of carbonyl (C=O) groups is 1. The summed E-state index contributed by atoms with van der Waals surface area (Å²) < 4.78 is 5.41. The summed E-state index contributed by atoms with van der Waals surface area (Å²) in [5, 5.41) is 7.84. The minimum absolute atomic E-state index is 0.0947. The van der Waals surface area contributed by atoms with E-state index in [-0.39, 0.29) is 5.91 Å². The Labute approximate surface area is 177 Å². The molecule has 156 valence electrons. The Hall–Kier alpha value is -2.05. The van der Waals surface area contributed by atoms with Gasteiger partial charge < -0.3 is 14.7 Å². The van der Waals surface area contributed by atoms with E-state index in [0.29, 0.717) is 12.2 Å². The third kappa shape index (κ3) is 5.11. The second-order valence-corrected chi connectivity index (χ2v) is 8.35. The topological polar surface area (TPSA) is 61.6 Å². The number of halogens is 1. The number of fused-ring (bicyclic) bond motifs is 1. The third-order valence-electron chi connectivity index (χ3n) is 5.90. The number of hydrogen-bond acceptors (Lipinski definition) is 5. The summed E-state index contributed by atoms with van der Waals surface area (Å²) in [5.41, 5.74) is 2.71. The first-order valence-electron chi connectivity index (χ1n) is 10.7. The van der Waals surface area contributed by atoms with Crippen LogP contribution in [0.2, 0.25) is 5.02 Å². The molecule has 1 N–H and O–H groups in total. The van der Waals surface area contributed by atoms with Gasteiger partial charge in [0.25, 0.3) is 5.91 Å². The molecule has 1 aliphatic carbocycles. The third-order valence-corrected chi connectivity index (χ3v) is 6.13. The minimum Gasteiger partial charge on any atom is -0.369 e. The molecule has 6 nitrogen and oxygen atoms in total. The van der Waals surface area contributed by atoms with E-state index in [1.807, 2.05) is 18.2 Å². The number of aryl methyl sites for hydroxylation is 1. The van der Waals surface area contributed by atoms with Crippen LogP contribution in [0.4, 0.5) is 5.69 Å². The van der Waals surface area contributed by atoms with E-state index in [1.165, 1.54) is 12.1 Å². The number of nitrogens with one attached hydrogen (secondary N) is 1. The molecular weight excluding hydrogens is 388 g/mol. The molecule has 7 heteroatoms. The summed E-state index contributed by atoms with van der Waals surface area (Å²) in [6.45, 7) is 5.69. The smallest absolute Gasteiger partial charge is 0.273 e. The minimum atomic E-state index is -0.0947. The van der Waals surface area contributed by atoms with E-state index in [4.69, 9.17) is 16.1 Å². The number of aromatic nitrogens is 1. The summed E-state index contributed by atoms with van der Waals surface area (Å²) in [4.78, 5) is 17.3. The molecule has 4 rings (SSSR count). The van der Waals surface area contributed by atoms with E-state index >= 15 is 0 Å². The SMILES string of the molecule is O=C(NCCCN1CCN(c2cccc(Cl)c2)CC1)c1noc2c1CCCCC2. The van der Waals surface area contributed by atoms with Crippen LogP contribution < -0.4 is 10.2 Å². The number of carbonyl (C=O) groups excluding carboxylic acids is 1. The Morgan fingerprint density at radius 3 is 2.79 bits per heavy atom. The van der Waals surface area contributed by atoms with Gasteiger partial charge in [0, 0.05) is 55.4 Å². The largest absolute Gasteiger partial charge is 0.369 e. The summed E-state index contributed by atoms with van der Waals surface area (Å²) in [5.74, 6) is 0.813. The highest BCUT2D eigenvalue weighted by atomic mass is 35.5. The van der Waals surface area contributed by atoms with Crippen LogP contribution in [0.1, 0.15) is 47.5 Å². The van der Waals surface area contributed by atoms with Crippen LogP contribution in [0.25, 0.3) is 0 Å². The molecule has 0 bridgehead atoms. The lowest BCUT2D eigenvalue weighted by Gasteiger charge is -2.36. The Kier molecular flexibility index (Phi) is 6.72. The zero-order valence-electron chi connectivity index (χ0n) is 16.8. The lowest BCUT2D eigenvalue weighted by Crippen LogP contribution is -2.47. The van der Waals surface area contributed by atoms with Crippen LogP contribution in [-0.4, -0.2) is 55.2 Å². The van der Waals surface area contributed by atoms with E-state index < -0.39 is 0 Å². The molecule has 2 aromatic rings. The predicted molar refractivity (Wildman–Crippen MR) is 115 cm³/mol. The Morgan fingerprint density at radius 2 is 1.97 bits per heavy atom. The van der Waals surface area contributed by atoms with Gasteiger partial charge in [-0.25, -0.2) is 0 Å². The van der Waals surface area contributed by atoms with Crippen LogP contribution in [-0.2, 0) is 12.8 Å². The Morgan fingerprint density at radius 1 is 1.14 bits per heavy atom.